The number of carbonyl (C=O) groups is 1. The van der Waals surface area contributed by atoms with Gasteiger partial charge in [-0.1, -0.05) is 18.2 Å². The molecule has 1 aliphatic carbocycles. The summed E-state index contributed by atoms with van der Waals surface area (Å²) in [6.45, 7) is 5.18. The summed E-state index contributed by atoms with van der Waals surface area (Å²) in [4.78, 5) is 29.9. The minimum atomic E-state index is -0.816. The molecule has 3 aromatic rings. The maximum atomic E-state index is 14.7. The van der Waals surface area contributed by atoms with Crippen molar-refractivity contribution < 1.29 is 14.3 Å². The van der Waals surface area contributed by atoms with E-state index in [-0.39, 0.29) is 40.3 Å². The molecule has 166 valence electrons. The van der Waals surface area contributed by atoms with Gasteiger partial charge in [-0.05, 0) is 51.8 Å². The number of aromatic hydroxyl groups is 1. The molecule has 1 heterocycles. The number of carbonyl (C=O) groups excluding carboxylic acids is 1. The number of hydrogen-bond donors (Lipinski definition) is 3. The predicted molar refractivity (Wildman–Crippen MR) is 120 cm³/mol. The lowest BCUT2D eigenvalue weighted by atomic mass is 9.93. The van der Waals surface area contributed by atoms with Crippen molar-refractivity contribution >= 4 is 11.7 Å². The van der Waals surface area contributed by atoms with Gasteiger partial charge >= 0.3 is 0 Å². The molecule has 0 saturated heterocycles. The van der Waals surface area contributed by atoms with E-state index in [0.717, 1.165) is 12.8 Å². The molecule has 8 heteroatoms. The molecule has 7 nitrogen and oxygen atoms in total. The van der Waals surface area contributed by atoms with Gasteiger partial charge in [-0.15, -0.1) is 0 Å². The third-order valence-corrected chi connectivity index (χ3v) is 5.60. The highest BCUT2D eigenvalue weighted by Crippen LogP contribution is 2.30. The van der Waals surface area contributed by atoms with Crippen LogP contribution in [0.3, 0.4) is 0 Å². The quantitative estimate of drug-likeness (QED) is 0.548. The Kier molecular flexibility index (Phi) is 5.46. The third-order valence-electron chi connectivity index (χ3n) is 5.60. The van der Waals surface area contributed by atoms with Crippen LogP contribution >= 0.6 is 0 Å². The summed E-state index contributed by atoms with van der Waals surface area (Å²) in [6, 6.07) is 9.65. The zero-order valence-corrected chi connectivity index (χ0v) is 18.1. The average molecular weight is 436 g/mol. The van der Waals surface area contributed by atoms with E-state index in [9.17, 15) is 19.1 Å². The lowest BCUT2D eigenvalue weighted by Crippen LogP contribution is -2.34. The van der Waals surface area contributed by atoms with Crippen LogP contribution in [0.5, 0.6) is 5.75 Å². The second-order valence-electron chi connectivity index (χ2n) is 8.57. The molecule has 0 atom stereocenters. The van der Waals surface area contributed by atoms with Crippen LogP contribution in [0, 0.1) is 12.7 Å². The highest BCUT2D eigenvalue weighted by molar-refractivity contribution is 5.95. The number of phenols is 1. The number of hydrogen-bond acceptors (Lipinski definition) is 5. The van der Waals surface area contributed by atoms with Crippen LogP contribution in [0.2, 0.25) is 0 Å². The maximum Gasteiger partial charge on any atom is 0.297 e. The van der Waals surface area contributed by atoms with Crippen molar-refractivity contribution in [3.05, 3.63) is 81.7 Å². The molecular weight excluding hydrogens is 411 g/mol. The zero-order chi connectivity index (χ0) is 23.0. The van der Waals surface area contributed by atoms with Gasteiger partial charge in [-0.25, -0.2) is 9.37 Å². The Morgan fingerprint density at radius 2 is 1.97 bits per heavy atom. The first-order valence-electron chi connectivity index (χ1n) is 10.4. The van der Waals surface area contributed by atoms with E-state index in [1.165, 1.54) is 29.1 Å². The van der Waals surface area contributed by atoms with Crippen molar-refractivity contribution in [2.24, 2.45) is 0 Å². The molecule has 0 radical (unpaired) electrons. The van der Waals surface area contributed by atoms with Crippen LogP contribution in [-0.2, 0) is 5.54 Å². The fourth-order valence-corrected chi connectivity index (χ4v) is 3.59. The monoisotopic (exact) mass is 436 g/mol. The zero-order valence-electron chi connectivity index (χ0n) is 18.1. The second kappa shape index (κ2) is 8.11. The molecule has 0 unspecified atom stereocenters. The van der Waals surface area contributed by atoms with Gasteiger partial charge in [0.25, 0.3) is 11.5 Å². The Morgan fingerprint density at radius 3 is 2.66 bits per heavy atom. The van der Waals surface area contributed by atoms with Gasteiger partial charge in [0.05, 0.1) is 11.2 Å². The van der Waals surface area contributed by atoms with Crippen LogP contribution in [-0.4, -0.2) is 26.6 Å². The molecule has 0 aliphatic heterocycles. The van der Waals surface area contributed by atoms with Gasteiger partial charge in [-0.2, -0.15) is 0 Å². The summed E-state index contributed by atoms with van der Waals surface area (Å²) >= 11 is 0. The first-order chi connectivity index (χ1) is 15.2. The Labute approximate surface area is 184 Å². The van der Waals surface area contributed by atoms with Crippen LogP contribution in [0.25, 0.3) is 5.69 Å². The van der Waals surface area contributed by atoms with Gasteiger partial charge < -0.3 is 15.7 Å². The summed E-state index contributed by atoms with van der Waals surface area (Å²) in [6.07, 6.45) is 4.70. The molecule has 2 aromatic carbocycles. The van der Waals surface area contributed by atoms with E-state index in [1.54, 1.807) is 31.2 Å². The Bertz CT molecular complexity index is 1250. The van der Waals surface area contributed by atoms with Crippen LogP contribution in [0.15, 0.2) is 53.6 Å². The fraction of sp³-hybridized carbons (Fsp3) is 0.292. The summed E-state index contributed by atoms with van der Waals surface area (Å²) in [5.41, 5.74) is -0.0595. The van der Waals surface area contributed by atoms with Crippen molar-refractivity contribution in [2.45, 2.75) is 45.2 Å². The number of nitrogens with one attached hydrogen (secondary N) is 2. The summed E-state index contributed by atoms with van der Waals surface area (Å²) in [7, 11) is 0. The van der Waals surface area contributed by atoms with Gasteiger partial charge in [0, 0.05) is 35.1 Å². The molecule has 0 spiro atoms. The number of aromatic nitrogens is 2. The summed E-state index contributed by atoms with van der Waals surface area (Å²) in [5, 5.41) is 16.1. The van der Waals surface area contributed by atoms with Crippen molar-refractivity contribution in [3.63, 3.8) is 0 Å². The van der Waals surface area contributed by atoms with Crippen molar-refractivity contribution in [2.75, 3.05) is 5.32 Å². The SMILES string of the molecule is Cc1c(F)cc(C(=O)NC2CC2)cc1-n1ccnc(NC(C)(C)c2ccccc2O)c1=O. The Hall–Kier alpha value is -3.68. The predicted octanol–water partition coefficient (Wildman–Crippen LogP) is 3.63. The van der Waals surface area contributed by atoms with Crippen LogP contribution in [0.1, 0.15) is 48.2 Å². The summed E-state index contributed by atoms with van der Waals surface area (Å²) < 4.78 is 15.9. The lowest BCUT2D eigenvalue weighted by molar-refractivity contribution is 0.0950. The number of halogens is 1. The van der Waals surface area contributed by atoms with Crippen molar-refractivity contribution in [1.82, 2.24) is 14.9 Å². The fourth-order valence-electron chi connectivity index (χ4n) is 3.59. The smallest absolute Gasteiger partial charge is 0.297 e. The molecule has 3 N–H and O–H groups in total. The number of anilines is 1. The topological polar surface area (TPSA) is 96.2 Å². The number of rotatable bonds is 6. The third kappa shape index (κ3) is 4.21. The van der Waals surface area contributed by atoms with Gasteiger partial charge in [0.2, 0.25) is 0 Å². The molecule has 0 bridgehead atoms. The standard InChI is InChI=1S/C24H25FN4O3/c1-14-18(25)12-15(22(31)27-16-8-9-16)13-19(14)29-11-10-26-21(23(29)32)28-24(2,3)17-6-4-5-7-20(17)30/h4-7,10-13,16,30H,8-9H2,1-3H3,(H,26,28)(H,27,31). The highest BCUT2D eigenvalue weighted by atomic mass is 19.1. The first-order valence-corrected chi connectivity index (χ1v) is 10.4. The Morgan fingerprint density at radius 1 is 1.25 bits per heavy atom. The number of para-hydroxylation sites is 1. The van der Waals surface area contributed by atoms with Gasteiger partial charge in [0.1, 0.15) is 11.6 Å². The number of phenolic OH excluding ortho intramolecular Hbond substituents is 1. The Balaban J connectivity index is 1.73. The van der Waals surface area contributed by atoms with E-state index in [2.05, 4.69) is 15.6 Å². The van der Waals surface area contributed by atoms with Crippen LogP contribution < -0.4 is 16.2 Å². The molecule has 4 rings (SSSR count). The minimum absolute atomic E-state index is 0.0356. The van der Waals surface area contributed by atoms with Gasteiger partial charge in [-0.3, -0.25) is 14.2 Å². The van der Waals surface area contributed by atoms with E-state index < -0.39 is 16.9 Å². The molecule has 1 fully saturated rings. The maximum absolute atomic E-state index is 14.7. The van der Waals surface area contributed by atoms with E-state index in [4.69, 9.17) is 0 Å². The van der Waals surface area contributed by atoms with Gasteiger partial charge in [0.15, 0.2) is 5.82 Å². The molecule has 1 amide bonds. The average Bonchev–Trinajstić information content (AvgIpc) is 3.56. The number of benzene rings is 2. The molecule has 32 heavy (non-hydrogen) atoms. The second-order valence-corrected chi connectivity index (χ2v) is 8.57. The van der Waals surface area contributed by atoms with Crippen molar-refractivity contribution in [1.29, 1.82) is 0 Å². The molecule has 1 aromatic heterocycles. The lowest BCUT2D eigenvalue weighted by Gasteiger charge is -2.28. The first kappa shape index (κ1) is 21.5. The molecular formula is C24H25FN4O3. The highest BCUT2D eigenvalue weighted by Gasteiger charge is 2.27. The summed E-state index contributed by atoms with van der Waals surface area (Å²) in [5.74, 6) is -0.813. The van der Waals surface area contributed by atoms with Crippen LogP contribution in [0.4, 0.5) is 10.2 Å². The number of nitrogens with zero attached hydrogens (tertiary/aromatic N) is 2. The normalized spacial score (nSPS) is 13.6. The van der Waals surface area contributed by atoms with E-state index >= 15 is 0 Å². The molecule has 1 aliphatic rings. The molecule has 1 saturated carbocycles. The minimum Gasteiger partial charge on any atom is -0.508 e. The van der Waals surface area contributed by atoms with E-state index in [0.29, 0.717) is 5.56 Å². The number of amides is 1. The van der Waals surface area contributed by atoms with E-state index in [1.807, 2.05) is 13.8 Å². The largest absolute Gasteiger partial charge is 0.508 e. The van der Waals surface area contributed by atoms with Crippen molar-refractivity contribution in [3.8, 4) is 11.4 Å².